The Hall–Kier alpha value is -4.57. The third-order valence-corrected chi connectivity index (χ3v) is 11.7. The number of nitrogens with one attached hydrogen (secondary N) is 2. The highest BCUT2D eigenvalue weighted by Gasteiger charge is 2.39. The van der Waals surface area contributed by atoms with Crippen LogP contribution in [0.1, 0.15) is 127 Å². The number of aliphatic carboxylic acids is 1. The fourth-order valence-corrected chi connectivity index (χ4v) is 7.91. The lowest BCUT2D eigenvalue weighted by atomic mass is 9.92. The zero-order valence-corrected chi connectivity index (χ0v) is 36.0. The number of nitrogens with zero attached hydrogens (tertiary/aromatic N) is 3. The third-order valence-electron chi connectivity index (χ3n) is 10.7. The van der Waals surface area contributed by atoms with Gasteiger partial charge in [0.25, 0.3) is 5.91 Å². The molecule has 15 nitrogen and oxygen atoms in total. The fourth-order valence-electron chi connectivity index (χ4n) is 7.07. The van der Waals surface area contributed by atoms with Crippen molar-refractivity contribution in [1.82, 2.24) is 25.4 Å². The van der Waals surface area contributed by atoms with Crippen LogP contribution in [-0.4, -0.2) is 105 Å². The van der Waals surface area contributed by atoms with E-state index in [4.69, 9.17) is 9.47 Å². The van der Waals surface area contributed by atoms with Crippen LogP contribution < -0.4 is 10.6 Å². The number of thiazole rings is 1. The molecule has 0 bridgehead atoms. The second-order valence-corrected chi connectivity index (χ2v) is 16.7. The summed E-state index contributed by atoms with van der Waals surface area (Å²) in [6, 6.07) is 3.85. The van der Waals surface area contributed by atoms with Crippen molar-refractivity contribution >= 4 is 47.0 Å². The van der Waals surface area contributed by atoms with Crippen molar-refractivity contribution in [1.29, 1.82) is 0 Å². The maximum atomic E-state index is 14.7. The maximum Gasteiger partial charge on any atom is 0.307 e. The van der Waals surface area contributed by atoms with E-state index in [9.17, 15) is 39.0 Å². The van der Waals surface area contributed by atoms with E-state index >= 15 is 0 Å². The monoisotopic (exact) mass is 829 g/mol. The Bertz CT molecular complexity index is 1680. The predicted octanol–water partition coefficient (Wildman–Crippen LogP) is 5.46. The second-order valence-electron chi connectivity index (χ2n) is 15.8. The number of rotatable bonds is 22. The molecule has 1 aliphatic heterocycles. The molecule has 4 N–H and O–H groups in total. The Balaban J connectivity index is 1.95. The lowest BCUT2D eigenvalue weighted by Crippen LogP contribution is -2.59. The lowest BCUT2D eigenvalue weighted by Gasteiger charge is -2.39. The third kappa shape index (κ3) is 14.4. The normalized spacial score (nSPS) is 17.6. The number of carbonyl (C=O) groups excluding carboxylic acids is 5. The van der Waals surface area contributed by atoms with Gasteiger partial charge in [0, 0.05) is 37.2 Å². The SMILES string of the molecule is CCCC(=O)OCN(C(=O)[C@@H](NC(=O)[C@H]1CCCCN1C)C(C)CC)[C@H](C[C@H](OC(C)=O)c1nc(C(=O)N[C@@H](Cc2ccc(O)cc2)C[C@H](C)C(=O)O)cs1)C(C)C. The molecule has 1 aromatic carbocycles. The number of likely N-dealkylation sites (N-methyl/N-ethyl adjacent to an activating group) is 1. The Kier molecular flexibility index (Phi) is 19.1. The summed E-state index contributed by atoms with van der Waals surface area (Å²) < 4.78 is 11.5. The lowest BCUT2D eigenvalue weighted by molar-refractivity contribution is -0.160. The van der Waals surface area contributed by atoms with Gasteiger partial charge in [0.15, 0.2) is 12.8 Å². The van der Waals surface area contributed by atoms with Gasteiger partial charge in [0.2, 0.25) is 11.8 Å². The van der Waals surface area contributed by atoms with E-state index in [-0.39, 0.29) is 61.2 Å². The standard InChI is InChI=1S/C42H63N5O10S/c1-9-13-36(50)56-24-47(41(53)37(26(5)10-2)45-39(52)33-14-11-12-19-46(33)8)34(25(3)4)22-35(57-28(7)48)40-44-32(23-58-40)38(51)43-30(20-27(6)42(54)55)21-29-15-17-31(49)18-16-29/h15-18,23,25-27,30,33-35,37,49H,9-14,19-22,24H2,1-8H3,(H,43,51)(H,45,52)(H,54,55)/t26?,27-,30+,33+,34+,35-,37-/m0/s1. The molecule has 0 saturated carbocycles. The molecule has 0 radical (unpaired) electrons. The Morgan fingerprint density at radius 1 is 1.02 bits per heavy atom. The number of likely N-dealkylation sites (tertiary alicyclic amines) is 1. The molecule has 0 spiro atoms. The van der Waals surface area contributed by atoms with Crippen molar-refractivity contribution in [3.05, 3.63) is 45.9 Å². The zero-order chi connectivity index (χ0) is 43.1. The quantitative estimate of drug-likeness (QED) is 0.0863. The molecule has 1 saturated heterocycles. The molecule has 58 heavy (non-hydrogen) atoms. The molecule has 3 amide bonds. The van der Waals surface area contributed by atoms with Gasteiger partial charge < -0.3 is 35.2 Å². The first kappa shape index (κ1) is 47.8. The summed E-state index contributed by atoms with van der Waals surface area (Å²) in [5, 5.41) is 27.1. The molecule has 1 unspecified atom stereocenters. The second kappa shape index (κ2) is 23.1. The minimum atomic E-state index is -1.01. The number of ether oxygens (including phenoxy) is 2. The number of carboxylic acids is 1. The molecule has 1 fully saturated rings. The van der Waals surface area contributed by atoms with Gasteiger partial charge in [0.05, 0.1) is 12.0 Å². The minimum absolute atomic E-state index is 0.0330. The van der Waals surface area contributed by atoms with Crippen molar-refractivity contribution < 1.29 is 48.5 Å². The van der Waals surface area contributed by atoms with Crippen molar-refractivity contribution in [2.75, 3.05) is 20.3 Å². The number of esters is 2. The molecule has 7 atom stereocenters. The average molecular weight is 830 g/mol. The average Bonchev–Trinajstić information content (AvgIpc) is 3.67. The number of carboxylic acid groups (broad SMARTS) is 1. The summed E-state index contributed by atoms with van der Waals surface area (Å²) in [5.74, 6) is -4.54. The molecule has 3 rings (SSSR count). The van der Waals surface area contributed by atoms with Gasteiger partial charge in [-0.25, -0.2) is 4.98 Å². The van der Waals surface area contributed by atoms with E-state index in [2.05, 4.69) is 15.6 Å². The first-order valence-electron chi connectivity index (χ1n) is 20.4. The molecule has 1 aliphatic rings. The van der Waals surface area contributed by atoms with Crippen LogP contribution in [0.3, 0.4) is 0 Å². The number of carbonyl (C=O) groups is 6. The van der Waals surface area contributed by atoms with Crippen molar-refractivity contribution in [3.63, 3.8) is 0 Å². The predicted molar refractivity (Wildman–Crippen MR) is 219 cm³/mol. The molecule has 322 valence electrons. The summed E-state index contributed by atoms with van der Waals surface area (Å²) in [6.07, 6.45) is 3.31. The number of phenols is 1. The fraction of sp³-hybridized carbons (Fsp3) is 0.643. The number of aromatic hydroxyl groups is 1. The van der Waals surface area contributed by atoms with Gasteiger partial charge in [-0.05, 0) is 75.2 Å². The number of hydrogen-bond acceptors (Lipinski definition) is 12. The van der Waals surface area contributed by atoms with Gasteiger partial charge >= 0.3 is 17.9 Å². The largest absolute Gasteiger partial charge is 0.508 e. The molecule has 2 aromatic rings. The number of piperidine rings is 1. The van der Waals surface area contributed by atoms with Gasteiger partial charge in [-0.2, -0.15) is 0 Å². The number of benzene rings is 1. The van der Waals surface area contributed by atoms with Crippen LogP contribution in [0.2, 0.25) is 0 Å². The van der Waals surface area contributed by atoms with E-state index in [1.54, 1.807) is 19.1 Å². The van der Waals surface area contributed by atoms with Gasteiger partial charge in [-0.15, -0.1) is 11.3 Å². The van der Waals surface area contributed by atoms with E-state index in [1.807, 2.05) is 46.6 Å². The van der Waals surface area contributed by atoms with Crippen molar-refractivity contribution in [3.8, 4) is 5.75 Å². The molecule has 16 heteroatoms. The maximum absolute atomic E-state index is 14.7. The van der Waals surface area contributed by atoms with Crippen LogP contribution in [0, 0.1) is 17.8 Å². The smallest absolute Gasteiger partial charge is 0.307 e. The zero-order valence-electron chi connectivity index (χ0n) is 35.2. The van der Waals surface area contributed by atoms with Crippen LogP contribution in [0.4, 0.5) is 0 Å². The van der Waals surface area contributed by atoms with Crippen LogP contribution in [0.5, 0.6) is 5.75 Å². The minimum Gasteiger partial charge on any atom is -0.508 e. The van der Waals surface area contributed by atoms with E-state index < -0.39 is 59.9 Å². The van der Waals surface area contributed by atoms with Gasteiger partial charge in [-0.3, -0.25) is 33.7 Å². The van der Waals surface area contributed by atoms with Crippen molar-refractivity contribution in [2.24, 2.45) is 17.8 Å². The summed E-state index contributed by atoms with van der Waals surface area (Å²) in [6.45, 7) is 12.7. The summed E-state index contributed by atoms with van der Waals surface area (Å²) >= 11 is 1.10. The molecule has 2 heterocycles. The first-order valence-corrected chi connectivity index (χ1v) is 21.2. The summed E-state index contributed by atoms with van der Waals surface area (Å²) in [4.78, 5) is 87.0. The van der Waals surface area contributed by atoms with Crippen LogP contribution >= 0.6 is 11.3 Å². The number of hydrogen-bond donors (Lipinski definition) is 4. The Morgan fingerprint density at radius 2 is 1.71 bits per heavy atom. The molecular weight excluding hydrogens is 767 g/mol. The molecule has 0 aliphatic carbocycles. The summed E-state index contributed by atoms with van der Waals surface area (Å²) in [7, 11) is 1.90. The number of amides is 3. The Labute approximate surface area is 346 Å². The Morgan fingerprint density at radius 3 is 2.29 bits per heavy atom. The van der Waals surface area contributed by atoms with E-state index in [0.717, 1.165) is 36.3 Å². The highest BCUT2D eigenvalue weighted by atomic mass is 32.1. The molecule has 1 aromatic heterocycles. The summed E-state index contributed by atoms with van der Waals surface area (Å²) in [5.41, 5.74) is 0.816. The number of phenolic OH excluding ortho intramolecular Hbond substituents is 1. The topological polar surface area (TPSA) is 205 Å². The molecular formula is C42H63N5O10S. The van der Waals surface area contributed by atoms with Crippen LogP contribution in [0.25, 0.3) is 0 Å². The van der Waals surface area contributed by atoms with E-state index in [1.165, 1.54) is 29.3 Å². The van der Waals surface area contributed by atoms with Crippen molar-refractivity contribution in [2.45, 2.75) is 137 Å². The van der Waals surface area contributed by atoms with Gasteiger partial charge in [-0.1, -0.05) is 66.5 Å². The highest BCUT2D eigenvalue weighted by molar-refractivity contribution is 7.09. The van der Waals surface area contributed by atoms with Gasteiger partial charge in [0.1, 0.15) is 22.5 Å². The highest BCUT2D eigenvalue weighted by Crippen LogP contribution is 2.32. The van der Waals surface area contributed by atoms with E-state index in [0.29, 0.717) is 30.7 Å². The first-order chi connectivity index (χ1) is 27.4. The number of aromatic nitrogens is 1. The van der Waals surface area contributed by atoms with Crippen LogP contribution in [0.15, 0.2) is 29.6 Å². The van der Waals surface area contributed by atoms with Crippen LogP contribution in [-0.2, 0) is 39.9 Å².